The maximum absolute atomic E-state index is 12.3. The smallest absolute Gasteiger partial charge is 0.321 e. The van der Waals surface area contributed by atoms with Crippen molar-refractivity contribution in [2.45, 2.75) is 26.2 Å². The zero-order chi connectivity index (χ0) is 17.4. The number of piperidine rings is 1. The lowest BCUT2D eigenvalue weighted by Gasteiger charge is -2.31. The minimum Gasteiger partial charge on any atom is -0.385 e. The number of nitrogens with one attached hydrogen (secondary N) is 2. The summed E-state index contributed by atoms with van der Waals surface area (Å²) in [4.78, 5) is 26.2. The summed E-state index contributed by atoms with van der Waals surface area (Å²) >= 11 is 0. The van der Waals surface area contributed by atoms with Gasteiger partial charge in [-0.15, -0.1) is 0 Å². The molecule has 1 aliphatic heterocycles. The molecule has 24 heavy (non-hydrogen) atoms. The number of carbonyl (C=O) groups is 2. The Hall–Kier alpha value is -2.08. The fourth-order valence-electron chi connectivity index (χ4n) is 2.84. The van der Waals surface area contributed by atoms with Gasteiger partial charge in [-0.1, -0.05) is 12.1 Å². The molecule has 3 amide bonds. The Bertz CT molecular complexity index is 554. The molecule has 0 atom stereocenters. The molecule has 2 rings (SSSR count). The Balaban J connectivity index is 1.73. The van der Waals surface area contributed by atoms with Gasteiger partial charge < -0.3 is 20.3 Å². The molecule has 1 aliphatic rings. The van der Waals surface area contributed by atoms with Crippen LogP contribution in [0.3, 0.4) is 0 Å². The Morgan fingerprint density at radius 2 is 2.04 bits per heavy atom. The van der Waals surface area contributed by atoms with Crippen LogP contribution in [0.4, 0.5) is 10.5 Å². The van der Waals surface area contributed by atoms with E-state index in [4.69, 9.17) is 4.74 Å². The van der Waals surface area contributed by atoms with Crippen LogP contribution in [0.25, 0.3) is 0 Å². The quantitative estimate of drug-likeness (QED) is 0.785. The van der Waals surface area contributed by atoms with Gasteiger partial charge in [0, 0.05) is 45.0 Å². The Morgan fingerprint density at radius 3 is 2.71 bits per heavy atom. The third-order valence-corrected chi connectivity index (χ3v) is 4.25. The number of rotatable bonds is 6. The molecule has 0 saturated carbocycles. The summed E-state index contributed by atoms with van der Waals surface area (Å²) in [5.74, 6) is 0.0837. The van der Waals surface area contributed by atoms with Crippen molar-refractivity contribution < 1.29 is 14.3 Å². The molecule has 1 heterocycles. The highest BCUT2D eigenvalue weighted by molar-refractivity contribution is 5.89. The minimum absolute atomic E-state index is 0.00411. The zero-order valence-corrected chi connectivity index (χ0v) is 14.5. The van der Waals surface area contributed by atoms with E-state index in [-0.39, 0.29) is 17.9 Å². The number of hydrogen-bond acceptors (Lipinski definition) is 3. The number of ether oxygens (including phenoxy) is 1. The van der Waals surface area contributed by atoms with Gasteiger partial charge in [0.05, 0.1) is 0 Å². The number of carbonyl (C=O) groups excluding carboxylic acids is 2. The van der Waals surface area contributed by atoms with Crippen LogP contribution in [0.1, 0.15) is 24.8 Å². The molecule has 0 aliphatic carbocycles. The lowest BCUT2D eigenvalue weighted by molar-refractivity contribution is -0.126. The van der Waals surface area contributed by atoms with Crippen molar-refractivity contribution in [1.29, 1.82) is 0 Å². The summed E-state index contributed by atoms with van der Waals surface area (Å²) in [5, 5.41) is 5.86. The van der Waals surface area contributed by atoms with E-state index in [2.05, 4.69) is 10.6 Å². The van der Waals surface area contributed by atoms with Gasteiger partial charge in [-0.05, 0) is 43.9 Å². The summed E-state index contributed by atoms with van der Waals surface area (Å²) in [6, 6.07) is 7.64. The highest BCUT2D eigenvalue weighted by Crippen LogP contribution is 2.19. The highest BCUT2D eigenvalue weighted by atomic mass is 16.5. The highest BCUT2D eigenvalue weighted by Gasteiger charge is 2.27. The topological polar surface area (TPSA) is 70.7 Å². The van der Waals surface area contributed by atoms with Crippen LogP contribution < -0.4 is 10.6 Å². The molecule has 0 aromatic heterocycles. The van der Waals surface area contributed by atoms with Gasteiger partial charge in [-0.3, -0.25) is 4.79 Å². The lowest BCUT2D eigenvalue weighted by atomic mass is 9.96. The van der Waals surface area contributed by atoms with Crippen LogP contribution in [0.2, 0.25) is 0 Å². The van der Waals surface area contributed by atoms with Crippen LogP contribution in [0, 0.1) is 12.8 Å². The second kappa shape index (κ2) is 9.27. The van der Waals surface area contributed by atoms with E-state index in [0.29, 0.717) is 39.1 Å². The molecule has 6 nitrogen and oxygen atoms in total. The number of aryl methyl sites for hydroxylation is 1. The number of anilines is 1. The average molecular weight is 333 g/mol. The van der Waals surface area contributed by atoms with Crippen molar-refractivity contribution in [3.63, 3.8) is 0 Å². The second-order valence-electron chi connectivity index (χ2n) is 6.20. The number of amides is 3. The third-order valence-electron chi connectivity index (χ3n) is 4.25. The molecule has 2 N–H and O–H groups in total. The Morgan fingerprint density at radius 1 is 1.29 bits per heavy atom. The van der Waals surface area contributed by atoms with Crippen molar-refractivity contribution >= 4 is 17.6 Å². The van der Waals surface area contributed by atoms with E-state index in [9.17, 15) is 9.59 Å². The van der Waals surface area contributed by atoms with Crippen LogP contribution in [0.15, 0.2) is 24.3 Å². The second-order valence-corrected chi connectivity index (χ2v) is 6.20. The first-order chi connectivity index (χ1) is 11.6. The standard InChI is InChI=1S/C18H27N3O3/c1-14-5-3-6-16(13-14)20-18(23)21-10-7-15(8-11-21)17(22)19-9-4-12-24-2/h3,5-6,13,15H,4,7-12H2,1-2H3,(H,19,22)(H,20,23). The van der Waals surface area contributed by atoms with E-state index in [1.54, 1.807) is 12.0 Å². The van der Waals surface area contributed by atoms with E-state index >= 15 is 0 Å². The van der Waals surface area contributed by atoms with Gasteiger partial charge in [-0.2, -0.15) is 0 Å². The van der Waals surface area contributed by atoms with Crippen molar-refractivity contribution in [2.75, 3.05) is 38.7 Å². The van der Waals surface area contributed by atoms with E-state index in [1.807, 2.05) is 31.2 Å². The lowest BCUT2D eigenvalue weighted by Crippen LogP contribution is -2.44. The monoisotopic (exact) mass is 333 g/mol. The summed E-state index contributed by atoms with van der Waals surface area (Å²) in [7, 11) is 1.65. The number of methoxy groups -OCH3 is 1. The van der Waals surface area contributed by atoms with E-state index in [0.717, 1.165) is 17.7 Å². The predicted octanol–water partition coefficient (Wildman–Crippen LogP) is 2.39. The molecule has 1 aromatic carbocycles. The SMILES string of the molecule is COCCCNC(=O)C1CCN(C(=O)Nc2cccc(C)c2)CC1. The molecular formula is C18H27N3O3. The van der Waals surface area contributed by atoms with Gasteiger partial charge in [0.2, 0.25) is 5.91 Å². The number of benzene rings is 1. The van der Waals surface area contributed by atoms with Crippen molar-refractivity contribution in [3.05, 3.63) is 29.8 Å². The summed E-state index contributed by atoms with van der Waals surface area (Å²) in [5.41, 5.74) is 1.91. The molecule has 132 valence electrons. The molecule has 1 fully saturated rings. The number of nitrogens with zero attached hydrogens (tertiary/aromatic N) is 1. The fourth-order valence-corrected chi connectivity index (χ4v) is 2.84. The van der Waals surface area contributed by atoms with E-state index < -0.39 is 0 Å². The van der Waals surface area contributed by atoms with Gasteiger partial charge in [0.1, 0.15) is 0 Å². The van der Waals surface area contributed by atoms with Crippen molar-refractivity contribution in [1.82, 2.24) is 10.2 Å². The third kappa shape index (κ3) is 5.53. The fraction of sp³-hybridized carbons (Fsp3) is 0.556. The predicted molar refractivity (Wildman–Crippen MR) is 94.0 cm³/mol. The van der Waals surface area contributed by atoms with Gasteiger partial charge in [-0.25, -0.2) is 4.79 Å². The first-order valence-corrected chi connectivity index (χ1v) is 8.49. The molecule has 0 radical (unpaired) electrons. The first-order valence-electron chi connectivity index (χ1n) is 8.49. The summed E-state index contributed by atoms with van der Waals surface area (Å²) in [6.07, 6.45) is 2.23. The van der Waals surface area contributed by atoms with Crippen LogP contribution in [-0.2, 0) is 9.53 Å². The molecular weight excluding hydrogens is 306 g/mol. The van der Waals surface area contributed by atoms with Crippen molar-refractivity contribution in [2.24, 2.45) is 5.92 Å². The van der Waals surface area contributed by atoms with Crippen LogP contribution in [0.5, 0.6) is 0 Å². The largest absolute Gasteiger partial charge is 0.385 e. The van der Waals surface area contributed by atoms with Gasteiger partial charge >= 0.3 is 6.03 Å². The Kier molecular flexibility index (Phi) is 7.06. The molecule has 0 spiro atoms. The minimum atomic E-state index is -0.0976. The maximum atomic E-state index is 12.3. The molecule has 1 saturated heterocycles. The van der Waals surface area contributed by atoms with Crippen LogP contribution in [-0.4, -0.2) is 50.2 Å². The van der Waals surface area contributed by atoms with Crippen LogP contribution >= 0.6 is 0 Å². The average Bonchev–Trinajstić information content (AvgIpc) is 2.58. The summed E-state index contributed by atoms with van der Waals surface area (Å²) < 4.78 is 4.96. The van der Waals surface area contributed by atoms with Crippen molar-refractivity contribution in [3.8, 4) is 0 Å². The number of hydrogen-bond donors (Lipinski definition) is 2. The molecule has 0 bridgehead atoms. The molecule has 1 aromatic rings. The molecule has 0 unspecified atom stereocenters. The van der Waals surface area contributed by atoms with Gasteiger partial charge in [0.15, 0.2) is 0 Å². The number of urea groups is 1. The molecule has 6 heteroatoms. The Labute approximate surface area is 143 Å². The zero-order valence-electron chi connectivity index (χ0n) is 14.5. The van der Waals surface area contributed by atoms with Gasteiger partial charge in [0.25, 0.3) is 0 Å². The maximum Gasteiger partial charge on any atom is 0.321 e. The normalized spacial score (nSPS) is 15.2. The number of likely N-dealkylation sites (tertiary alicyclic amines) is 1. The summed E-state index contributed by atoms with van der Waals surface area (Å²) in [6.45, 7) is 4.49. The van der Waals surface area contributed by atoms with E-state index in [1.165, 1.54) is 0 Å². The first kappa shape index (κ1) is 18.3.